The van der Waals surface area contributed by atoms with Gasteiger partial charge in [-0.1, -0.05) is 48.5 Å². The van der Waals surface area contributed by atoms with Crippen molar-refractivity contribution in [3.63, 3.8) is 0 Å². The molecule has 0 bridgehead atoms. The van der Waals surface area contributed by atoms with Gasteiger partial charge in [-0.2, -0.15) is 0 Å². The zero-order chi connectivity index (χ0) is 25.4. The van der Waals surface area contributed by atoms with E-state index >= 15 is 0 Å². The number of ether oxygens (including phenoxy) is 1. The van der Waals surface area contributed by atoms with Crippen LogP contribution in [0.15, 0.2) is 72.8 Å². The van der Waals surface area contributed by atoms with Crippen molar-refractivity contribution >= 4 is 23.0 Å². The Labute approximate surface area is 214 Å². The fourth-order valence-electron chi connectivity index (χ4n) is 4.96. The first-order valence-electron chi connectivity index (χ1n) is 12.6. The van der Waals surface area contributed by atoms with Crippen molar-refractivity contribution in [3.8, 4) is 5.75 Å². The minimum Gasteiger partial charge on any atom is -0.491 e. The molecule has 0 radical (unpaired) electrons. The normalized spacial score (nSPS) is 18.3. The smallest absolute Gasteiger partial charge is 0.325 e. The maximum atomic E-state index is 13.7. The third-order valence-electron chi connectivity index (χ3n) is 7.02. The SMILES string of the molecule is O=C1NC(c2ccc(OCCO)cc2)C(=O)N1[C@@H](Cc1ccccc1)c1nc2ccc(C3CC3)cc2[nH]1. The minimum absolute atomic E-state index is 0.0830. The standard InChI is InChI=1S/C29H28N4O4/c34-14-15-37-22-11-8-20(9-12-22)26-28(35)33(29(36)32-26)25(16-18-4-2-1-3-5-18)27-30-23-13-10-21(19-6-7-19)17-24(23)31-27/h1-5,8-13,17,19,25-26,34H,6-7,14-16H2,(H,30,31)(H,32,36)/t25-,26?/m0/s1. The molecule has 1 saturated heterocycles. The summed E-state index contributed by atoms with van der Waals surface area (Å²) in [5.74, 6) is 1.46. The molecule has 4 aromatic rings. The van der Waals surface area contributed by atoms with Gasteiger partial charge in [0.05, 0.1) is 17.6 Å². The lowest BCUT2D eigenvalue weighted by Crippen LogP contribution is -2.36. The van der Waals surface area contributed by atoms with Crippen molar-refractivity contribution in [2.45, 2.75) is 37.3 Å². The highest BCUT2D eigenvalue weighted by Crippen LogP contribution is 2.41. The third kappa shape index (κ3) is 4.68. The first-order chi connectivity index (χ1) is 18.1. The number of imide groups is 1. The number of aliphatic hydroxyl groups excluding tert-OH is 1. The van der Waals surface area contributed by atoms with Gasteiger partial charge in [-0.25, -0.2) is 9.78 Å². The van der Waals surface area contributed by atoms with Crippen LogP contribution < -0.4 is 10.1 Å². The van der Waals surface area contributed by atoms with Gasteiger partial charge < -0.3 is 20.1 Å². The van der Waals surface area contributed by atoms with Gasteiger partial charge in [-0.3, -0.25) is 9.69 Å². The van der Waals surface area contributed by atoms with Gasteiger partial charge in [-0.05, 0) is 59.7 Å². The molecule has 3 N–H and O–H groups in total. The summed E-state index contributed by atoms with van der Waals surface area (Å²) in [6.07, 6.45) is 2.86. The Balaban J connectivity index is 1.32. The van der Waals surface area contributed by atoms with Crippen LogP contribution in [0.2, 0.25) is 0 Å². The van der Waals surface area contributed by atoms with Gasteiger partial charge in [-0.15, -0.1) is 0 Å². The second kappa shape index (κ2) is 9.71. The molecule has 1 aliphatic heterocycles. The Kier molecular flexibility index (Phi) is 6.10. The van der Waals surface area contributed by atoms with Gasteiger partial charge >= 0.3 is 6.03 Å². The number of aromatic amines is 1. The van der Waals surface area contributed by atoms with Gasteiger partial charge in [0.25, 0.3) is 5.91 Å². The monoisotopic (exact) mass is 496 g/mol. The number of nitrogens with zero attached hydrogens (tertiary/aromatic N) is 2. The molecule has 3 aromatic carbocycles. The summed E-state index contributed by atoms with van der Waals surface area (Å²) in [4.78, 5) is 36.5. The number of amides is 3. The van der Waals surface area contributed by atoms with E-state index in [1.54, 1.807) is 24.3 Å². The van der Waals surface area contributed by atoms with Crippen LogP contribution in [-0.2, 0) is 11.2 Å². The lowest BCUT2D eigenvalue weighted by molar-refractivity contribution is -0.129. The van der Waals surface area contributed by atoms with Crippen molar-refractivity contribution in [2.75, 3.05) is 13.2 Å². The fraction of sp³-hybridized carbons (Fsp3) is 0.276. The van der Waals surface area contributed by atoms with E-state index in [2.05, 4.69) is 22.4 Å². The summed E-state index contributed by atoms with van der Waals surface area (Å²) in [5, 5.41) is 11.8. The molecule has 1 aliphatic carbocycles. The molecule has 188 valence electrons. The predicted octanol–water partition coefficient (Wildman–Crippen LogP) is 4.39. The molecule has 1 aromatic heterocycles. The molecule has 2 aliphatic rings. The zero-order valence-corrected chi connectivity index (χ0v) is 20.3. The van der Waals surface area contributed by atoms with Crippen molar-refractivity contribution in [2.24, 2.45) is 0 Å². The molecule has 2 heterocycles. The van der Waals surface area contributed by atoms with Crippen molar-refractivity contribution in [3.05, 3.63) is 95.3 Å². The van der Waals surface area contributed by atoms with Crippen LogP contribution in [-0.4, -0.2) is 45.1 Å². The molecule has 6 rings (SSSR count). The highest BCUT2D eigenvalue weighted by molar-refractivity contribution is 6.05. The molecule has 1 saturated carbocycles. The maximum absolute atomic E-state index is 13.7. The number of hydrogen-bond acceptors (Lipinski definition) is 5. The van der Waals surface area contributed by atoms with E-state index in [-0.39, 0.29) is 19.1 Å². The summed E-state index contributed by atoms with van der Waals surface area (Å²) in [6.45, 7) is 0.105. The van der Waals surface area contributed by atoms with E-state index in [9.17, 15) is 9.59 Å². The maximum Gasteiger partial charge on any atom is 0.325 e. The predicted molar refractivity (Wildman–Crippen MR) is 138 cm³/mol. The lowest BCUT2D eigenvalue weighted by atomic mass is 10.0. The van der Waals surface area contributed by atoms with Gasteiger partial charge in [0.1, 0.15) is 30.3 Å². The Morgan fingerprint density at radius 1 is 1.00 bits per heavy atom. The van der Waals surface area contributed by atoms with Gasteiger partial charge in [0, 0.05) is 6.42 Å². The summed E-state index contributed by atoms with van der Waals surface area (Å²) in [5.41, 5.74) is 4.69. The molecular weight excluding hydrogens is 468 g/mol. The third-order valence-corrected chi connectivity index (χ3v) is 7.02. The molecule has 0 spiro atoms. The number of H-pyrrole nitrogens is 1. The van der Waals surface area contributed by atoms with E-state index in [1.807, 2.05) is 36.4 Å². The molecule has 3 amide bonds. The molecule has 37 heavy (non-hydrogen) atoms. The zero-order valence-electron chi connectivity index (χ0n) is 20.3. The number of nitrogens with one attached hydrogen (secondary N) is 2. The average molecular weight is 497 g/mol. The highest BCUT2D eigenvalue weighted by Gasteiger charge is 2.44. The minimum atomic E-state index is -0.802. The fourth-order valence-corrected chi connectivity index (χ4v) is 4.96. The molecule has 8 heteroatoms. The number of aromatic nitrogens is 2. The van der Waals surface area contributed by atoms with E-state index in [1.165, 1.54) is 23.3 Å². The number of fused-ring (bicyclic) bond motifs is 1. The number of imidazole rings is 1. The molecule has 1 unspecified atom stereocenters. The lowest BCUT2D eigenvalue weighted by Gasteiger charge is -2.24. The first kappa shape index (κ1) is 23.2. The number of carbonyl (C=O) groups excluding carboxylic acids is 2. The summed E-state index contributed by atoms with van der Waals surface area (Å²) in [6, 6.07) is 21.2. The highest BCUT2D eigenvalue weighted by atomic mass is 16.5. The van der Waals surface area contributed by atoms with E-state index in [4.69, 9.17) is 14.8 Å². The van der Waals surface area contributed by atoms with Crippen LogP contribution in [0.5, 0.6) is 5.75 Å². The Morgan fingerprint density at radius 3 is 2.49 bits per heavy atom. The Hall–Kier alpha value is -4.17. The van der Waals surface area contributed by atoms with Crippen molar-refractivity contribution in [1.82, 2.24) is 20.2 Å². The Bertz CT molecular complexity index is 1430. The first-order valence-corrected chi connectivity index (χ1v) is 12.6. The van der Waals surface area contributed by atoms with Crippen molar-refractivity contribution < 1.29 is 19.4 Å². The summed E-state index contributed by atoms with van der Waals surface area (Å²) in [7, 11) is 0. The van der Waals surface area contributed by atoms with Crippen LogP contribution in [0, 0.1) is 0 Å². The van der Waals surface area contributed by atoms with E-state index in [0.29, 0.717) is 29.5 Å². The number of urea groups is 1. The largest absolute Gasteiger partial charge is 0.491 e. The Morgan fingerprint density at radius 2 is 1.76 bits per heavy atom. The van der Waals surface area contributed by atoms with Gasteiger partial charge in [0.2, 0.25) is 0 Å². The van der Waals surface area contributed by atoms with Crippen LogP contribution in [0.4, 0.5) is 4.79 Å². The van der Waals surface area contributed by atoms with E-state index < -0.39 is 18.1 Å². The number of aliphatic hydroxyl groups is 1. The second-order valence-corrected chi connectivity index (χ2v) is 9.61. The number of hydrogen-bond donors (Lipinski definition) is 3. The number of carbonyl (C=O) groups is 2. The summed E-state index contributed by atoms with van der Waals surface area (Å²) < 4.78 is 5.42. The second-order valence-electron chi connectivity index (χ2n) is 9.61. The van der Waals surface area contributed by atoms with Crippen LogP contribution >= 0.6 is 0 Å². The molecule has 8 nitrogen and oxygen atoms in total. The molecular formula is C29H28N4O4. The number of benzene rings is 3. The van der Waals surface area contributed by atoms with Crippen molar-refractivity contribution in [1.29, 1.82) is 0 Å². The number of rotatable bonds is 9. The topological polar surface area (TPSA) is 108 Å². The average Bonchev–Trinajstić information content (AvgIpc) is 3.62. The molecule has 2 fully saturated rings. The van der Waals surface area contributed by atoms with Gasteiger partial charge in [0.15, 0.2) is 0 Å². The molecule has 2 atom stereocenters. The van der Waals surface area contributed by atoms with E-state index in [0.717, 1.165) is 16.6 Å². The quantitative estimate of drug-likeness (QED) is 0.298. The van der Waals surface area contributed by atoms with Crippen LogP contribution in [0.3, 0.4) is 0 Å². The van der Waals surface area contributed by atoms with Crippen LogP contribution in [0.25, 0.3) is 11.0 Å². The summed E-state index contributed by atoms with van der Waals surface area (Å²) >= 11 is 0. The van der Waals surface area contributed by atoms with Crippen LogP contribution in [0.1, 0.15) is 53.4 Å².